The van der Waals surface area contributed by atoms with Crippen LogP contribution in [0.3, 0.4) is 0 Å². The standard InChI is InChI=1S/C19H16ClN3O2/c1-25-13-8-6-12(7-9-13)23-19-16(11-21-23)15(10-18(24)22-19)14-4-2-3-5-17(14)20/h2-9,11,15H,10H2,1H3,(H,22,24). The first kappa shape index (κ1) is 15.7. The van der Waals surface area contributed by atoms with Crippen molar-refractivity contribution in [2.45, 2.75) is 12.3 Å². The van der Waals surface area contributed by atoms with Gasteiger partial charge < -0.3 is 10.1 Å². The molecule has 0 bridgehead atoms. The molecule has 2 aromatic carbocycles. The lowest BCUT2D eigenvalue weighted by Gasteiger charge is -2.24. The quantitative estimate of drug-likeness (QED) is 0.774. The number of anilines is 1. The highest BCUT2D eigenvalue weighted by atomic mass is 35.5. The predicted octanol–water partition coefficient (Wildman–Crippen LogP) is 4.01. The van der Waals surface area contributed by atoms with Gasteiger partial charge in [0.2, 0.25) is 5.91 Å². The molecular formula is C19H16ClN3O2. The second kappa shape index (κ2) is 6.26. The Balaban J connectivity index is 1.80. The summed E-state index contributed by atoms with van der Waals surface area (Å²) in [6.07, 6.45) is 2.15. The van der Waals surface area contributed by atoms with Crippen molar-refractivity contribution in [2.75, 3.05) is 12.4 Å². The van der Waals surface area contributed by atoms with Crippen LogP contribution >= 0.6 is 11.6 Å². The van der Waals surface area contributed by atoms with Gasteiger partial charge in [-0.05, 0) is 35.9 Å². The van der Waals surface area contributed by atoms with Gasteiger partial charge in [-0.2, -0.15) is 5.10 Å². The third kappa shape index (κ3) is 2.76. The van der Waals surface area contributed by atoms with Crippen molar-refractivity contribution in [3.8, 4) is 11.4 Å². The van der Waals surface area contributed by atoms with Crippen LogP contribution < -0.4 is 10.1 Å². The van der Waals surface area contributed by atoms with E-state index >= 15 is 0 Å². The molecule has 1 N–H and O–H groups in total. The number of hydrogen-bond donors (Lipinski definition) is 1. The number of amides is 1. The maximum Gasteiger partial charge on any atom is 0.226 e. The first-order valence-electron chi connectivity index (χ1n) is 7.94. The number of halogens is 1. The van der Waals surface area contributed by atoms with Crippen molar-refractivity contribution in [2.24, 2.45) is 0 Å². The van der Waals surface area contributed by atoms with E-state index in [0.29, 0.717) is 17.3 Å². The van der Waals surface area contributed by atoms with Crippen LogP contribution in [0.25, 0.3) is 5.69 Å². The molecule has 1 aliphatic rings. The van der Waals surface area contributed by atoms with E-state index in [1.165, 1.54) is 0 Å². The number of nitrogens with zero attached hydrogens (tertiary/aromatic N) is 2. The zero-order valence-corrected chi connectivity index (χ0v) is 14.3. The minimum atomic E-state index is -0.107. The molecule has 1 amide bonds. The Morgan fingerprint density at radius 1 is 1.16 bits per heavy atom. The van der Waals surface area contributed by atoms with Gasteiger partial charge in [-0.15, -0.1) is 0 Å². The summed E-state index contributed by atoms with van der Waals surface area (Å²) in [6.45, 7) is 0. The Kier molecular flexibility index (Phi) is 3.93. The molecule has 5 nitrogen and oxygen atoms in total. The molecule has 25 heavy (non-hydrogen) atoms. The summed E-state index contributed by atoms with van der Waals surface area (Å²) in [5.74, 6) is 1.30. The molecule has 0 radical (unpaired) electrons. The van der Waals surface area contributed by atoms with Gasteiger partial charge in [-0.25, -0.2) is 4.68 Å². The summed E-state index contributed by atoms with van der Waals surface area (Å²) in [6, 6.07) is 15.1. The first-order valence-corrected chi connectivity index (χ1v) is 8.32. The van der Waals surface area contributed by atoms with Gasteiger partial charge in [0.05, 0.1) is 19.0 Å². The van der Waals surface area contributed by atoms with Crippen LogP contribution in [0.4, 0.5) is 5.82 Å². The summed E-state index contributed by atoms with van der Waals surface area (Å²) in [4.78, 5) is 12.3. The molecule has 0 spiro atoms. The van der Waals surface area contributed by atoms with Crippen molar-refractivity contribution in [3.63, 3.8) is 0 Å². The van der Waals surface area contributed by atoms with Crippen molar-refractivity contribution < 1.29 is 9.53 Å². The molecule has 126 valence electrons. The second-order valence-corrected chi connectivity index (χ2v) is 6.29. The third-order valence-electron chi connectivity index (χ3n) is 4.42. The Labute approximate surface area is 150 Å². The Hall–Kier alpha value is -2.79. The molecule has 1 aromatic heterocycles. The van der Waals surface area contributed by atoms with Crippen LogP contribution in [-0.4, -0.2) is 22.8 Å². The number of rotatable bonds is 3. The highest BCUT2D eigenvalue weighted by Gasteiger charge is 2.31. The number of aromatic nitrogens is 2. The highest BCUT2D eigenvalue weighted by Crippen LogP contribution is 2.40. The Bertz CT molecular complexity index is 934. The normalized spacial score (nSPS) is 16.2. The molecular weight excluding hydrogens is 338 g/mol. The summed E-state index contributed by atoms with van der Waals surface area (Å²) < 4.78 is 6.92. The van der Waals surface area contributed by atoms with E-state index in [9.17, 15) is 4.79 Å². The van der Waals surface area contributed by atoms with Crippen LogP contribution in [0, 0.1) is 0 Å². The molecule has 4 rings (SSSR count). The monoisotopic (exact) mass is 353 g/mol. The number of carbonyl (C=O) groups is 1. The van der Waals surface area contributed by atoms with Gasteiger partial charge in [-0.1, -0.05) is 29.8 Å². The Morgan fingerprint density at radius 3 is 2.64 bits per heavy atom. The van der Waals surface area contributed by atoms with Crippen LogP contribution in [0.5, 0.6) is 5.75 Å². The average Bonchev–Trinajstić information content (AvgIpc) is 3.05. The number of nitrogens with one attached hydrogen (secondary N) is 1. The summed E-state index contributed by atoms with van der Waals surface area (Å²) in [5.41, 5.74) is 2.75. The molecule has 1 atom stereocenters. The summed E-state index contributed by atoms with van der Waals surface area (Å²) in [5, 5.41) is 8.08. The zero-order valence-electron chi connectivity index (χ0n) is 13.6. The van der Waals surface area contributed by atoms with Crippen molar-refractivity contribution in [3.05, 3.63) is 70.9 Å². The molecule has 0 aliphatic carbocycles. The highest BCUT2D eigenvalue weighted by molar-refractivity contribution is 6.31. The van der Waals surface area contributed by atoms with E-state index in [4.69, 9.17) is 16.3 Å². The fourth-order valence-electron chi connectivity index (χ4n) is 3.17. The topological polar surface area (TPSA) is 56.1 Å². The van der Waals surface area contributed by atoms with Gasteiger partial charge >= 0.3 is 0 Å². The van der Waals surface area contributed by atoms with Gasteiger partial charge in [0.1, 0.15) is 11.6 Å². The van der Waals surface area contributed by atoms with Gasteiger partial charge in [-0.3, -0.25) is 4.79 Å². The smallest absolute Gasteiger partial charge is 0.226 e. The number of ether oxygens (including phenoxy) is 1. The second-order valence-electron chi connectivity index (χ2n) is 5.88. The van der Waals surface area contributed by atoms with E-state index < -0.39 is 0 Å². The van der Waals surface area contributed by atoms with Gasteiger partial charge in [0, 0.05) is 22.9 Å². The van der Waals surface area contributed by atoms with E-state index in [1.807, 2.05) is 48.5 Å². The molecule has 1 aliphatic heterocycles. The number of methoxy groups -OCH3 is 1. The largest absolute Gasteiger partial charge is 0.497 e. The molecule has 6 heteroatoms. The number of carbonyl (C=O) groups excluding carboxylic acids is 1. The van der Waals surface area contributed by atoms with E-state index in [0.717, 1.165) is 22.6 Å². The molecule has 2 heterocycles. The fraction of sp³-hybridized carbons (Fsp3) is 0.158. The van der Waals surface area contributed by atoms with E-state index in [2.05, 4.69) is 10.4 Å². The van der Waals surface area contributed by atoms with Crippen molar-refractivity contribution in [1.29, 1.82) is 0 Å². The third-order valence-corrected chi connectivity index (χ3v) is 4.76. The lowest BCUT2D eigenvalue weighted by Crippen LogP contribution is -2.24. The van der Waals surface area contributed by atoms with Crippen molar-refractivity contribution in [1.82, 2.24) is 9.78 Å². The van der Waals surface area contributed by atoms with Crippen LogP contribution in [0.15, 0.2) is 54.7 Å². The SMILES string of the molecule is COc1ccc(-n2ncc3c2NC(=O)CC3c2ccccc2Cl)cc1. The lowest BCUT2D eigenvalue weighted by atomic mass is 9.87. The van der Waals surface area contributed by atoms with Crippen LogP contribution in [0.1, 0.15) is 23.5 Å². The minimum absolute atomic E-state index is 0.0484. The predicted molar refractivity (Wildman–Crippen MR) is 96.7 cm³/mol. The summed E-state index contributed by atoms with van der Waals surface area (Å²) in [7, 11) is 1.62. The Morgan fingerprint density at radius 2 is 1.92 bits per heavy atom. The van der Waals surface area contributed by atoms with Crippen molar-refractivity contribution >= 4 is 23.3 Å². The van der Waals surface area contributed by atoms with Gasteiger partial charge in [0.15, 0.2) is 0 Å². The number of benzene rings is 2. The molecule has 0 saturated carbocycles. The maximum absolute atomic E-state index is 12.3. The molecule has 0 fully saturated rings. The lowest BCUT2D eigenvalue weighted by molar-refractivity contribution is -0.116. The first-order chi connectivity index (χ1) is 12.2. The molecule has 1 unspecified atom stereocenters. The zero-order chi connectivity index (χ0) is 17.4. The number of fused-ring (bicyclic) bond motifs is 1. The fourth-order valence-corrected chi connectivity index (χ4v) is 3.44. The van der Waals surface area contributed by atoms with Crippen LogP contribution in [-0.2, 0) is 4.79 Å². The maximum atomic E-state index is 12.3. The van der Waals surface area contributed by atoms with Gasteiger partial charge in [0.25, 0.3) is 0 Å². The number of hydrogen-bond acceptors (Lipinski definition) is 3. The average molecular weight is 354 g/mol. The van der Waals surface area contributed by atoms with E-state index in [1.54, 1.807) is 18.0 Å². The minimum Gasteiger partial charge on any atom is -0.497 e. The van der Waals surface area contributed by atoms with E-state index in [-0.39, 0.29) is 11.8 Å². The molecule has 0 saturated heterocycles. The summed E-state index contributed by atoms with van der Waals surface area (Å²) >= 11 is 6.36. The molecule has 3 aromatic rings. The van der Waals surface area contributed by atoms with Crippen LogP contribution in [0.2, 0.25) is 5.02 Å².